The second-order valence-corrected chi connectivity index (χ2v) is 5.12. The highest BCUT2D eigenvalue weighted by atomic mass is 16.5. The largest absolute Gasteiger partial charge is 0.504 e. The first kappa shape index (κ1) is 18.0. The molecule has 0 aliphatic heterocycles. The number of aromatic hydroxyl groups is 1. The first-order valence-corrected chi connectivity index (χ1v) is 7.62. The fourth-order valence-electron chi connectivity index (χ4n) is 2.04. The minimum absolute atomic E-state index is 0.00137. The van der Waals surface area contributed by atoms with Gasteiger partial charge in [0, 0.05) is 6.54 Å². The first-order chi connectivity index (χ1) is 12.1. The van der Waals surface area contributed by atoms with Gasteiger partial charge in [-0.05, 0) is 35.7 Å². The molecular formula is C18H19N3O4. The van der Waals surface area contributed by atoms with E-state index >= 15 is 0 Å². The van der Waals surface area contributed by atoms with Crippen molar-refractivity contribution in [3.63, 3.8) is 0 Å². The molecule has 0 bridgehead atoms. The van der Waals surface area contributed by atoms with Crippen LogP contribution < -0.4 is 15.5 Å². The van der Waals surface area contributed by atoms with Crippen LogP contribution in [0.2, 0.25) is 0 Å². The predicted octanol–water partition coefficient (Wildman–Crippen LogP) is 1.21. The zero-order valence-corrected chi connectivity index (χ0v) is 13.7. The van der Waals surface area contributed by atoms with Gasteiger partial charge in [-0.25, -0.2) is 5.43 Å². The van der Waals surface area contributed by atoms with Crippen LogP contribution in [0.1, 0.15) is 11.1 Å². The molecule has 0 heterocycles. The molecule has 7 nitrogen and oxygen atoms in total. The highest BCUT2D eigenvalue weighted by Gasteiger charge is 2.11. The number of hydrazone groups is 1. The van der Waals surface area contributed by atoms with Gasteiger partial charge in [-0.2, -0.15) is 5.10 Å². The summed E-state index contributed by atoms with van der Waals surface area (Å²) in [6, 6.07) is 14.2. The Bertz CT molecular complexity index is 760. The molecule has 0 spiro atoms. The Labute approximate surface area is 145 Å². The average Bonchev–Trinajstić information content (AvgIpc) is 2.63. The SMILES string of the molecule is COc1cc(/C=N\NC(=O)C(=O)NCCc2ccccc2)ccc1O. The Hall–Kier alpha value is -3.35. The van der Waals surface area contributed by atoms with Crippen molar-refractivity contribution in [3.8, 4) is 11.5 Å². The molecule has 2 aromatic rings. The Morgan fingerprint density at radius 1 is 1.16 bits per heavy atom. The number of amides is 2. The standard InChI is InChI=1S/C18H19N3O4/c1-25-16-11-14(7-8-15(16)22)12-20-21-18(24)17(23)19-10-9-13-5-3-2-4-6-13/h2-8,11-12,22H,9-10H2,1H3,(H,19,23)(H,21,24)/b20-12-. The topological polar surface area (TPSA) is 100 Å². The normalized spacial score (nSPS) is 10.4. The zero-order valence-electron chi connectivity index (χ0n) is 13.7. The minimum Gasteiger partial charge on any atom is -0.504 e. The number of nitrogens with one attached hydrogen (secondary N) is 2. The highest BCUT2D eigenvalue weighted by molar-refractivity contribution is 6.35. The van der Waals surface area contributed by atoms with Crippen molar-refractivity contribution < 1.29 is 19.4 Å². The maximum absolute atomic E-state index is 11.7. The number of rotatable bonds is 6. The molecule has 0 aliphatic rings. The van der Waals surface area contributed by atoms with Crippen LogP contribution in [-0.2, 0) is 16.0 Å². The Kier molecular flexibility index (Phi) is 6.53. The molecule has 25 heavy (non-hydrogen) atoms. The van der Waals surface area contributed by atoms with Crippen molar-refractivity contribution in [2.75, 3.05) is 13.7 Å². The third kappa shape index (κ3) is 5.65. The van der Waals surface area contributed by atoms with Crippen molar-refractivity contribution >= 4 is 18.0 Å². The number of phenols is 1. The molecule has 0 fully saturated rings. The van der Waals surface area contributed by atoms with Crippen LogP contribution in [0.5, 0.6) is 11.5 Å². The minimum atomic E-state index is -0.852. The van der Waals surface area contributed by atoms with Crippen LogP contribution in [0.15, 0.2) is 53.6 Å². The second-order valence-electron chi connectivity index (χ2n) is 5.12. The van der Waals surface area contributed by atoms with Crippen molar-refractivity contribution in [1.29, 1.82) is 0 Å². The third-order valence-electron chi connectivity index (χ3n) is 3.33. The number of hydrogen-bond acceptors (Lipinski definition) is 5. The number of methoxy groups -OCH3 is 1. The molecule has 0 unspecified atom stereocenters. The summed E-state index contributed by atoms with van der Waals surface area (Å²) in [6.07, 6.45) is 1.98. The summed E-state index contributed by atoms with van der Waals surface area (Å²) in [4.78, 5) is 23.3. The van der Waals surface area contributed by atoms with Gasteiger partial charge in [0.1, 0.15) is 0 Å². The molecule has 2 aromatic carbocycles. The van der Waals surface area contributed by atoms with Gasteiger partial charge in [-0.3, -0.25) is 9.59 Å². The van der Waals surface area contributed by atoms with E-state index in [0.29, 0.717) is 18.5 Å². The average molecular weight is 341 g/mol. The van der Waals surface area contributed by atoms with Crippen LogP contribution in [0, 0.1) is 0 Å². The quantitative estimate of drug-likeness (QED) is 0.418. The van der Waals surface area contributed by atoms with Gasteiger partial charge in [0.2, 0.25) is 0 Å². The third-order valence-corrected chi connectivity index (χ3v) is 3.33. The van der Waals surface area contributed by atoms with Gasteiger partial charge >= 0.3 is 11.8 Å². The van der Waals surface area contributed by atoms with Crippen molar-refractivity contribution in [2.24, 2.45) is 5.10 Å². The summed E-state index contributed by atoms with van der Waals surface area (Å²) in [7, 11) is 1.43. The summed E-state index contributed by atoms with van der Waals surface area (Å²) >= 11 is 0. The van der Waals surface area contributed by atoms with E-state index in [9.17, 15) is 14.7 Å². The lowest BCUT2D eigenvalue weighted by Crippen LogP contribution is -2.38. The zero-order chi connectivity index (χ0) is 18.1. The Balaban J connectivity index is 1.78. The second kappa shape index (κ2) is 9.07. The molecule has 130 valence electrons. The maximum atomic E-state index is 11.7. The molecule has 0 aromatic heterocycles. The Morgan fingerprint density at radius 3 is 2.64 bits per heavy atom. The van der Waals surface area contributed by atoms with Crippen LogP contribution in [-0.4, -0.2) is 36.8 Å². The molecule has 3 N–H and O–H groups in total. The van der Waals surface area contributed by atoms with E-state index in [1.165, 1.54) is 19.4 Å². The fourth-order valence-corrected chi connectivity index (χ4v) is 2.04. The number of benzene rings is 2. The summed E-state index contributed by atoms with van der Waals surface area (Å²) < 4.78 is 4.97. The lowest BCUT2D eigenvalue weighted by atomic mass is 10.1. The van der Waals surface area contributed by atoms with E-state index in [4.69, 9.17) is 4.74 Å². The lowest BCUT2D eigenvalue weighted by molar-refractivity contribution is -0.139. The number of phenolic OH excluding ortho intramolecular Hbond substituents is 1. The van der Waals surface area contributed by atoms with Gasteiger partial charge < -0.3 is 15.2 Å². The van der Waals surface area contributed by atoms with E-state index in [1.807, 2.05) is 30.3 Å². The van der Waals surface area contributed by atoms with E-state index < -0.39 is 11.8 Å². The predicted molar refractivity (Wildman–Crippen MR) is 93.6 cm³/mol. The molecular weight excluding hydrogens is 322 g/mol. The number of hydrogen-bond donors (Lipinski definition) is 3. The van der Waals surface area contributed by atoms with Gasteiger partial charge in [0.15, 0.2) is 11.5 Å². The molecule has 0 saturated carbocycles. The van der Waals surface area contributed by atoms with Gasteiger partial charge in [0.25, 0.3) is 0 Å². The van der Waals surface area contributed by atoms with Crippen molar-refractivity contribution in [2.45, 2.75) is 6.42 Å². The van der Waals surface area contributed by atoms with E-state index in [2.05, 4.69) is 15.8 Å². The van der Waals surface area contributed by atoms with Gasteiger partial charge in [0.05, 0.1) is 13.3 Å². The van der Waals surface area contributed by atoms with E-state index in [0.717, 1.165) is 5.56 Å². The molecule has 2 rings (SSSR count). The fraction of sp³-hybridized carbons (Fsp3) is 0.167. The molecule has 0 saturated heterocycles. The van der Waals surface area contributed by atoms with Crippen LogP contribution >= 0.6 is 0 Å². The number of carbonyl (C=O) groups excluding carboxylic acids is 2. The van der Waals surface area contributed by atoms with Crippen molar-refractivity contribution in [1.82, 2.24) is 10.7 Å². The van der Waals surface area contributed by atoms with Gasteiger partial charge in [-0.15, -0.1) is 0 Å². The van der Waals surface area contributed by atoms with E-state index in [-0.39, 0.29) is 11.5 Å². The monoisotopic (exact) mass is 341 g/mol. The summed E-state index contributed by atoms with van der Waals surface area (Å²) in [5, 5.41) is 15.7. The maximum Gasteiger partial charge on any atom is 0.329 e. The number of carbonyl (C=O) groups is 2. The molecule has 0 radical (unpaired) electrons. The lowest BCUT2D eigenvalue weighted by Gasteiger charge is -2.04. The first-order valence-electron chi connectivity index (χ1n) is 7.62. The van der Waals surface area contributed by atoms with Gasteiger partial charge in [-0.1, -0.05) is 30.3 Å². The van der Waals surface area contributed by atoms with E-state index in [1.54, 1.807) is 12.1 Å². The smallest absolute Gasteiger partial charge is 0.329 e. The van der Waals surface area contributed by atoms with Crippen LogP contribution in [0.3, 0.4) is 0 Å². The number of ether oxygens (including phenoxy) is 1. The molecule has 0 aliphatic carbocycles. The molecule has 2 amide bonds. The van der Waals surface area contributed by atoms with Crippen LogP contribution in [0.25, 0.3) is 0 Å². The highest BCUT2D eigenvalue weighted by Crippen LogP contribution is 2.25. The summed E-state index contributed by atoms with van der Waals surface area (Å²) in [6.45, 7) is 0.356. The Morgan fingerprint density at radius 2 is 1.92 bits per heavy atom. The number of nitrogens with zero attached hydrogens (tertiary/aromatic N) is 1. The van der Waals surface area contributed by atoms with Crippen molar-refractivity contribution in [3.05, 3.63) is 59.7 Å². The van der Waals surface area contributed by atoms with Crippen LogP contribution in [0.4, 0.5) is 0 Å². The molecule has 7 heteroatoms. The summed E-state index contributed by atoms with van der Waals surface area (Å²) in [5.41, 5.74) is 3.82. The summed E-state index contributed by atoms with van der Waals surface area (Å²) in [5.74, 6) is -1.32. The molecule has 0 atom stereocenters.